The molecule has 0 aliphatic rings. The van der Waals surface area contributed by atoms with E-state index in [1.54, 1.807) is 6.92 Å². The lowest BCUT2D eigenvalue weighted by molar-refractivity contribution is -0.145. The summed E-state index contributed by atoms with van der Waals surface area (Å²) in [5, 5.41) is 8.80. The number of benzene rings is 1. The molecule has 18 heavy (non-hydrogen) atoms. The average molecular weight is 274 g/mol. The second kappa shape index (κ2) is 5.83. The molecular weight excluding hydrogens is 260 g/mol. The second-order valence-electron chi connectivity index (χ2n) is 3.72. The van der Waals surface area contributed by atoms with Crippen molar-refractivity contribution in [1.29, 1.82) is 0 Å². The minimum absolute atomic E-state index is 0.322. The molecule has 1 aromatic carbocycles. The van der Waals surface area contributed by atoms with E-state index < -0.39 is 27.9 Å². The van der Waals surface area contributed by atoms with Crippen LogP contribution in [0.1, 0.15) is 18.9 Å². The number of ether oxygens (including phenoxy) is 1. The van der Waals surface area contributed by atoms with E-state index in [4.69, 9.17) is 14.4 Å². The van der Waals surface area contributed by atoms with Crippen molar-refractivity contribution >= 4 is 16.1 Å². The largest absolute Gasteiger partial charge is 0.479 e. The van der Waals surface area contributed by atoms with Crippen molar-refractivity contribution in [3.05, 3.63) is 29.8 Å². The molecule has 0 saturated heterocycles. The van der Waals surface area contributed by atoms with Gasteiger partial charge in [-0.2, -0.15) is 8.42 Å². The third-order valence-electron chi connectivity index (χ3n) is 2.20. The maximum absolute atomic E-state index is 10.8. The zero-order chi connectivity index (χ0) is 13.8. The van der Waals surface area contributed by atoms with Crippen LogP contribution in [0.25, 0.3) is 0 Å². The first-order valence-corrected chi connectivity index (χ1v) is 6.86. The molecule has 100 valence electrons. The number of carboxylic acid groups (broad SMARTS) is 1. The Labute approximate surface area is 105 Å². The SMILES string of the molecule is CCC(Oc1ccc(CS(=O)(=O)O)cc1)C(=O)O. The fraction of sp³-hybridized carbons (Fsp3) is 0.364. The van der Waals surface area contributed by atoms with Gasteiger partial charge in [0.25, 0.3) is 10.1 Å². The highest BCUT2D eigenvalue weighted by atomic mass is 32.2. The summed E-state index contributed by atoms with van der Waals surface area (Å²) in [6, 6.07) is 5.84. The van der Waals surface area contributed by atoms with Crippen molar-refractivity contribution in [3.8, 4) is 5.75 Å². The van der Waals surface area contributed by atoms with Gasteiger partial charge in [0.15, 0.2) is 6.10 Å². The zero-order valence-electron chi connectivity index (χ0n) is 9.74. The van der Waals surface area contributed by atoms with Crippen LogP contribution in [0.5, 0.6) is 5.75 Å². The van der Waals surface area contributed by atoms with Gasteiger partial charge in [0.05, 0.1) is 0 Å². The molecule has 6 nitrogen and oxygen atoms in total. The quantitative estimate of drug-likeness (QED) is 0.759. The smallest absolute Gasteiger partial charge is 0.344 e. The van der Waals surface area contributed by atoms with Crippen LogP contribution in [0.4, 0.5) is 0 Å². The number of hydrogen-bond acceptors (Lipinski definition) is 4. The Balaban J connectivity index is 2.74. The molecule has 0 aliphatic carbocycles. The predicted molar refractivity (Wildman–Crippen MR) is 64.0 cm³/mol. The fourth-order valence-corrected chi connectivity index (χ4v) is 1.96. The molecule has 1 atom stereocenters. The molecule has 0 spiro atoms. The normalized spacial score (nSPS) is 13.0. The zero-order valence-corrected chi connectivity index (χ0v) is 10.6. The lowest BCUT2D eigenvalue weighted by Gasteiger charge is -2.13. The van der Waals surface area contributed by atoms with Gasteiger partial charge in [-0.15, -0.1) is 0 Å². The monoisotopic (exact) mass is 274 g/mol. The summed E-state index contributed by atoms with van der Waals surface area (Å²) in [7, 11) is -4.07. The number of rotatable bonds is 6. The van der Waals surface area contributed by atoms with Crippen LogP contribution < -0.4 is 4.74 Å². The van der Waals surface area contributed by atoms with Crippen LogP contribution in [0.15, 0.2) is 24.3 Å². The van der Waals surface area contributed by atoms with E-state index in [1.165, 1.54) is 24.3 Å². The summed E-state index contributed by atoms with van der Waals surface area (Å²) in [4.78, 5) is 10.8. The maximum Gasteiger partial charge on any atom is 0.344 e. The van der Waals surface area contributed by atoms with E-state index in [0.29, 0.717) is 17.7 Å². The number of hydrogen-bond donors (Lipinski definition) is 2. The minimum atomic E-state index is -4.07. The van der Waals surface area contributed by atoms with Crippen molar-refractivity contribution in [2.24, 2.45) is 0 Å². The molecule has 0 amide bonds. The first-order valence-electron chi connectivity index (χ1n) is 5.25. The summed E-state index contributed by atoms with van der Waals surface area (Å²) in [5.41, 5.74) is 0.397. The highest BCUT2D eigenvalue weighted by molar-refractivity contribution is 7.85. The Hall–Kier alpha value is -1.60. The Bertz CT molecular complexity index is 505. The molecule has 0 radical (unpaired) electrons. The van der Waals surface area contributed by atoms with Gasteiger partial charge in [0, 0.05) is 0 Å². The fourth-order valence-electron chi connectivity index (χ4n) is 1.35. The van der Waals surface area contributed by atoms with Crippen molar-refractivity contribution in [2.75, 3.05) is 0 Å². The molecule has 0 aromatic heterocycles. The molecule has 0 aliphatic heterocycles. The lowest BCUT2D eigenvalue weighted by Crippen LogP contribution is -2.25. The van der Waals surface area contributed by atoms with Crippen molar-refractivity contribution in [2.45, 2.75) is 25.2 Å². The maximum atomic E-state index is 10.8. The van der Waals surface area contributed by atoms with E-state index in [2.05, 4.69) is 0 Å². The lowest BCUT2D eigenvalue weighted by atomic mass is 10.2. The molecule has 1 unspecified atom stereocenters. The van der Waals surface area contributed by atoms with Gasteiger partial charge < -0.3 is 9.84 Å². The van der Waals surface area contributed by atoms with E-state index in [-0.39, 0.29) is 0 Å². The molecule has 0 saturated carbocycles. The highest BCUT2D eigenvalue weighted by Crippen LogP contribution is 2.16. The molecule has 0 fully saturated rings. The summed E-state index contributed by atoms with van der Waals surface area (Å²) >= 11 is 0. The third-order valence-corrected chi connectivity index (χ3v) is 2.90. The van der Waals surface area contributed by atoms with Crippen LogP contribution in [0, 0.1) is 0 Å². The van der Waals surface area contributed by atoms with Crippen LogP contribution in [-0.2, 0) is 20.7 Å². The number of carboxylic acids is 1. The minimum Gasteiger partial charge on any atom is -0.479 e. The van der Waals surface area contributed by atoms with E-state index in [1.807, 2.05) is 0 Å². The number of aliphatic carboxylic acids is 1. The van der Waals surface area contributed by atoms with Crippen LogP contribution in [-0.4, -0.2) is 30.2 Å². The topological polar surface area (TPSA) is 101 Å². The number of carbonyl (C=O) groups is 1. The Morgan fingerprint density at radius 1 is 1.33 bits per heavy atom. The van der Waals surface area contributed by atoms with Gasteiger partial charge >= 0.3 is 5.97 Å². The van der Waals surface area contributed by atoms with Gasteiger partial charge in [0.2, 0.25) is 0 Å². The summed E-state index contributed by atoms with van der Waals surface area (Å²) < 4.78 is 35.1. The molecule has 0 bridgehead atoms. The molecular formula is C11H14O6S. The van der Waals surface area contributed by atoms with Crippen molar-refractivity contribution < 1.29 is 27.6 Å². The van der Waals surface area contributed by atoms with Gasteiger partial charge in [-0.1, -0.05) is 19.1 Å². The first-order chi connectivity index (χ1) is 8.31. The molecule has 1 aromatic rings. The van der Waals surface area contributed by atoms with Crippen LogP contribution in [0.2, 0.25) is 0 Å². The van der Waals surface area contributed by atoms with Crippen molar-refractivity contribution in [1.82, 2.24) is 0 Å². The van der Waals surface area contributed by atoms with Gasteiger partial charge in [-0.3, -0.25) is 4.55 Å². The summed E-state index contributed by atoms with van der Waals surface area (Å²) in [6.45, 7) is 1.69. The Morgan fingerprint density at radius 3 is 2.28 bits per heavy atom. The van der Waals surface area contributed by atoms with Gasteiger partial charge in [0.1, 0.15) is 11.5 Å². The Morgan fingerprint density at radius 2 is 1.89 bits per heavy atom. The third kappa shape index (κ3) is 4.72. The molecule has 1 rings (SSSR count). The molecule has 2 N–H and O–H groups in total. The summed E-state index contributed by atoms with van der Waals surface area (Å²) in [5.74, 6) is -1.20. The van der Waals surface area contributed by atoms with Gasteiger partial charge in [-0.25, -0.2) is 4.79 Å². The van der Waals surface area contributed by atoms with E-state index in [0.717, 1.165) is 0 Å². The van der Waals surface area contributed by atoms with Crippen molar-refractivity contribution in [3.63, 3.8) is 0 Å². The standard InChI is InChI=1S/C11H14O6S/c1-2-10(11(12)13)17-9-5-3-8(4-6-9)7-18(14,15)16/h3-6,10H,2,7H2,1H3,(H,12,13)(H,14,15,16). The second-order valence-corrected chi connectivity index (χ2v) is 5.18. The van der Waals surface area contributed by atoms with E-state index >= 15 is 0 Å². The Kier molecular flexibility index (Phi) is 4.69. The average Bonchev–Trinajstić information content (AvgIpc) is 2.25. The van der Waals surface area contributed by atoms with Gasteiger partial charge in [-0.05, 0) is 24.1 Å². The summed E-state index contributed by atoms with van der Waals surface area (Å²) in [6.07, 6.45) is -0.611. The van der Waals surface area contributed by atoms with E-state index in [9.17, 15) is 13.2 Å². The molecule has 7 heteroatoms. The van der Waals surface area contributed by atoms with Crippen LogP contribution >= 0.6 is 0 Å². The molecule has 0 heterocycles. The predicted octanol–water partition coefficient (Wildman–Crippen LogP) is 1.32. The highest BCUT2D eigenvalue weighted by Gasteiger charge is 2.16. The van der Waals surface area contributed by atoms with Crippen LogP contribution in [0.3, 0.4) is 0 Å². The first kappa shape index (κ1) is 14.5.